The van der Waals surface area contributed by atoms with Crippen LogP contribution in [0.2, 0.25) is 0 Å². The van der Waals surface area contributed by atoms with Gasteiger partial charge in [-0.15, -0.1) is 0 Å². The molecule has 0 saturated heterocycles. The average molecular weight is 436 g/mol. The number of benzene rings is 1. The van der Waals surface area contributed by atoms with Crippen molar-refractivity contribution >= 4 is 23.2 Å². The number of aromatic nitrogens is 3. The van der Waals surface area contributed by atoms with E-state index in [2.05, 4.69) is 15.4 Å². The summed E-state index contributed by atoms with van der Waals surface area (Å²) >= 11 is 0. The van der Waals surface area contributed by atoms with Gasteiger partial charge >= 0.3 is 6.09 Å². The fraction of sp³-hybridized carbons (Fsp3) is 0.417. The van der Waals surface area contributed by atoms with Crippen LogP contribution in [0.3, 0.4) is 0 Å². The molecule has 0 fully saturated rings. The Hall–Kier alpha value is -3.42. The topological polar surface area (TPSA) is 88.8 Å². The van der Waals surface area contributed by atoms with E-state index in [0.717, 1.165) is 16.8 Å². The predicted octanol–water partition coefficient (Wildman–Crippen LogP) is 4.41. The molecule has 2 aromatic heterocycles. The molecule has 1 amide bonds. The monoisotopic (exact) mass is 435 g/mol. The molecule has 8 heteroatoms. The van der Waals surface area contributed by atoms with Gasteiger partial charge in [-0.1, -0.05) is 12.1 Å². The van der Waals surface area contributed by atoms with Gasteiger partial charge in [0.05, 0.1) is 6.20 Å². The van der Waals surface area contributed by atoms with E-state index in [0.29, 0.717) is 50.2 Å². The second kappa shape index (κ2) is 8.98. The zero-order valence-corrected chi connectivity index (χ0v) is 18.8. The van der Waals surface area contributed by atoms with Crippen molar-refractivity contribution in [1.82, 2.24) is 19.5 Å². The highest BCUT2D eigenvalue weighted by Gasteiger charge is 2.22. The normalized spacial score (nSPS) is 15.6. The first-order valence-corrected chi connectivity index (χ1v) is 11.0. The number of nitrogens with one attached hydrogen (secondary N) is 1. The average Bonchev–Trinajstić information content (AvgIpc) is 3.17. The van der Waals surface area contributed by atoms with Crippen LogP contribution >= 0.6 is 0 Å². The number of hydrogen-bond donors (Lipinski definition) is 1. The van der Waals surface area contributed by atoms with Gasteiger partial charge in [-0.25, -0.2) is 14.3 Å². The second-order valence-electron chi connectivity index (χ2n) is 8.99. The van der Waals surface area contributed by atoms with Crippen LogP contribution in [0.1, 0.15) is 50.5 Å². The van der Waals surface area contributed by atoms with Crippen LogP contribution in [-0.4, -0.2) is 56.6 Å². The van der Waals surface area contributed by atoms with Crippen molar-refractivity contribution in [3.8, 4) is 11.1 Å². The van der Waals surface area contributed by atoms with E-state index in [1.807, 2.05) is 45.0 Å². The van der Waals surface area contributed by atoms with Gasteiger partial charge in [-0.2, -0.15) is 5.10 Å². The number of carbonyl (C=O) groups is 2. The summed E-state index contributed by atoms with van der Waals surface area (Å²) in [5, 5.41) is 7.78. The van der Waals surface area contributed by atoms with Gasteiger partial charge in [0, 0.05) is 43.5 Å². The molecule has 32 heavy (non-hydrogen) atoms. The number of rotatable bonds is 0. The fourth-order valence-electron chi connectivity index (χ4n) is 3.70. The van der Waals surface area contributed by atoms with Crippen LogP contribution in [-0.2, 0) is 4.74 Å². The van der Waals surface area contributed by atoms with E-state index in [-0.39, 0.29) is 11.9 Å². The summed E-state index contributed by atoms with van der Waals surface area (Å²) in [6.07, 6.45) is 4.96. The van der Waals surface area contributed by atoms with Crippen molar-refractivity contribution in [2.24, 2.45) is 0 Å². The Morgan fingerprint density at radius 2 is 2.00 bits per heavy atom. The summed E-state index contributed by atoms with van der Waals surface area (Å²) in [6.45, 7) is 7.20. The smallest absolute Gasteiger partial charge is 0.410 e. The molecule has 0 spiro atoms. The van der Waals surface area contributed by atoms with E-state index < -0.39 is 5.60 Å². The van der Waals surface area contributed by atoms with E-state index in [4.69, 9.17) is 4.74 Å². The molecule has 4 bridgehead atoms. The summed E-state index contributed by atoms with van der Waals surface area (Å²) in [5.41, 5.74) is 3.30. The molecule has 1 aliphatic rings. The molecule has 0 unspecified atom stereocenters. The minimum absolute atomic E-state index is 0.00835. The van der Waals surface area contributed by atoms with Crippen molar-refractivity contribution in [3.63, 3.8) is 0 Å². The number of Topliss-reactive ketones (excluding diaryl/α,β-unsaturated/α-hetero) is 1. The molecule has 1 N–H and O–H groups in total. The number of amides is 1. The summed E-state index contributed by atoms with van der Waals surface area (Å²) < 4.78 is 7.26. The number of carbonyl (C=O) groups excluding carboxylic acids is 2. The number of anilines is 1. The molecule has 1 aliphatic heterocycles. The summed E-state index contributed by atoms with van der Waals surface area (Å²) in [4.78, 5) is 31.7. The highest BCUT2D eigenvalue weighted by atomic mass is 16.6. The van der Waals surface area contributed by atoms with Gasteiger partial charge in [0.25, 0.3) is 0 Å². The highest BCUT2D eigenvalue weighted by Crippen LogP contribution is 2.26. The minimum Gasteiger partial charge on any atom is -0.444 e. The Balaban J connectivity index is 1.63. The largest absolute Gasteiger partial charge is 0.444 e. The van der Waals surface area contributed by atoms with E-state index in [9.17, 15) is 9.59 Å². The van der Waals surface area contributed by atoms with Gasteiger partial charge in [-0.3, -0.25) is 4.79 Å². The lowest BCUT2D eigenvalue weighted by Crippen LogP contribution is -2.40. The number of fused-ring (bicyclic) bond motifs is 4. The molecular weight excluding hydrogens is 406 g/mol. The van der Waals surface area contributed by atoms with Crippen LogP contribution in [0, 0.1) is 0 Å². The van der Waals surface area contributed by atoms with Gasteiger partial charge in [0.2, 0.25) is 0 Å². The number of nitrogens with zero attached hydrogens (tertiary/aromatic N) is 4. The first kappa shape index (κ1) is 21.8. The standard InChI is InChI=1S/C24H29N5O3/c1-24(2,3)32-23(31)28-12-5-4-9-21(30)20-10-13-29-22(27-20)19(16-26-29)17-7-6-8-18(15-17)25-11-14-28/h6-8,10,13,15-16,25H,4-5,9,11-12,14H2,1-3H3. The Kier molecular flexibility index (Phi) is 6.12. The zero-order chi connectivity index (χ0) is 22.7. The first-order chi connectivity index (χ1) is 15.3. The third-order valence-electron chi connectivity index (χ3n) is 5.27. The van der Waals surface area contributed by atoms with Gasteiger partial charge < -0.3 is 15.0 Å². The molecule has 0 atom stereocenters. The van der Waals surface area contributed by atoms with E-state index >= 15 is 0 Å². The number of hydrogen-bond acceptors (Lipinski definition) is 6. The maximum absolute atomic E-state index is 12.8. The lowest BCUT2D eigenvalue weighted by molar-refractivity contribution is 0.0254. The SMILES string of the molecule is CC(C)(C)OC(=O)N1CCCCC(=O)c2ccn3ncc(c3n2)-c2cccc(c2)NCC1. The third-order valence-corrected chi connectivity index (χ3v) is 5.27. The Bertz CT molecular complexity index is 1130. The van der Waals surface area contributed by atoms with Crippen LogP contribution in [0.5, 0.6) is 0 Å². The van der Waals surface area contributed by atoms with E-state index in [1.54, 1.807) is 27.9 Å². The quantitative estimate of drug-likeness (QED) is 0.563. The second-order valence-corrected chi connectivity index (χ2v) is 8.99. The van der Waals surface area contributed by atoms with Gasteiger partial charge in [-0.05, 0) is 57.4 Å². The molecule has 0 aliphatic carbocycles. The van der Waals surface area contributed by atoms with Gasteiger partial charge in [0.15, 0.2) is 11.4 Å². The van der Waals surface area contributed by atoms with E-state index in [1.165, 1.54) is 0 Å². The van der Waals surface area contributed by atoms with Crippen molar-refractivity contribution in [1.29, 1.82) is 0 Å². The van der Waals surface area contributed by atoms with Crippen molar-refractivity contribution in [2.75, 3.05) is 25.0 Å². The lowest BCUT2D eigenvalue weighted by Gasteiger charge is -2.27. The zero-order valence-electron chi connectivity index (χ0n) is 18.8. The third kappa shape index (κ3) is 5.07. The first-order valence-electron chi connectivity index (χ1n) is 11.0. The Labute approximate surface area is 187 Å². The molecule has 3 heterocycles. The summed E-state index contributed by atoms with van der Waals surface area (Å²) in [6, 6.07) is 9.68. The molecule has 4 rings (SSSR count). The summed E-state index contributed by atoms with van der Waals surface area (Å²) in [5.74, 6) is -0.00835. The molecule has 0 saturated carbocycles. The number of ketones is 1. The fourth-order valence-corrected chi connectivity index (χ4v) is 3.70. The molecular formula is C24H29N5O3. The van der Waals surface area contributed by atoms with Crippen LogP contribution in [0.15, 0.2) is 42.7 Å². The maximum Gasteiger partial charge on any atom is 0.410 e. The van der Waals surface area contributed by atoms with Crippen molar-refractivity contribution < 1.29 is 14.3 Å². The lowest BCUT2D eigenvalue weighted by atomic mass is 10.1. The van der Waals surface area contributed by atoms with Crippen molar-refractivity contribution in [2.45, 2.75) is 45.6 Å². The Morgan fingerprint density at radius 3 is 2.81 bits per heavy atom. The van der Waals surface area contributed by atoms with Crippen molar-refractivity contribution in [3.05, 3.63) is 48.4 Å². The summed E-state index contributed by atoms with van der Waals surface area (Å²) in [7, 11) is 0. The molecule has 1 aromatic carbocycles. The number of ether oxygens (including phenoxy) is 1. The van der Waals surface area contributed by atoms with Crippen LogP contribution < -0.4 is 5.32 Å². The molecule has 0 radical (unpaired) electrons. The molecule has 168 valence electrons. The highest BCUT2D eigenvalue weighted by molar-refractivity contribution is 5.95. The van der Waals surface area contributed by atoms with Gasteiger partial charge in [0.1, 0.15) is 11.3 Å². The van der Waals surface area contributed by atoms with Crippen LogP contribution in [0.25, 0.3) is 16.8 Å². The Morgan fingerprint density at radius 1 is 1.16 bits per heavy atom. The predicted molar refractivity (Wildman–Crippen MR) is 123 cm³/mol. The molecule has 3 aromatic rings. The van der Waals surface area contributed by atoms with Crippen LogP contribution in [0.4, 0.5) is 10.5 Å². The minimum atomic E-state index is -0.558. The maximum atomic E-state index is 12.8. The molecule has 8 nitrogen and oxygen atoms in total.